The Morgan fingerprint density at radius 1 is 1.08 bits per heavy atom. The van der Waals surface area contributed by atoms with Crippen LogP contribution in [0.15, 0.2) is 64.5 Å². The van der Waals surface area contributed by atoms with Crippen LogP contribution in [0, 0.1) is 0 Å². The minimum absolute atomic E-state index is 0.0245. The highest BCUT2D eigenvalue weighted by atomic mass is 32.2. The SMILES string of the molecule is CC(=O)CCCSc1nc2ccccc2c(=O)n1Cc1ccccc1. The van der Waals surface area contributed by atoms with Crippen LogP contribution >= 0.6 is 11.8 Å². The van der Waals surface area contributed by atoms with Gasteiger partial charge in [0, 0.05) is 12.2 Å². The number of ketones is 1. The summed E-state index contributed by atoms with van der Waals surface area (Å²) in [5.74, 6) is 0.952. The Hall–Kier alpha value is -2.40. The summed E-state index contributed by atoms with van der Waals surface area (Å²) in [6.45, 7) is 2.09. The molecule has 0 aliphatic rings. The van der Waals surface area contributed by atoms with Crippen molar-refractivity contribution in [3.63, 3.8) is 0 Å². The van der Waals surface area contributed by atoms with Crippen LogP contribution in [-0.4, -0.2) is 21.1 Å². The number of aromatic nitrogens is 2. The van der Waals surface area contributed by atoms with Crippen molar-refractivity contribution in [1.29, 1.82) is 0 Å². The fourth-order valence-corrected chi connectivity index (χ4v) is 3.59. The Kier molecular flexibility index (Phi) is 5.66. The first-order valence-electron chi connectivity index (χ1n) is 8.31. The number of Topliss-reactive ketones (excluding diaryl/α,β-unsaturated/α-hetero) is 1. The molecule has 1 aromatic heterocycles. The molecule has 3 aromatic rings. The molecule has 0 amide bonds. The summed E-state index contributed by atoms with van der Waals surface area (Å²) in [5.41, 5.74) is 1.75. The second-order valence-electron chi connectivity index (χ2n) is 5.94. The first kappa shape index (κ1) is 17.4. The van der Waals surface area contributed by atoms with E-state index in [1.54, 1.807) is 11.5 Å². The van der Waals surface area contributed by atoms with Crippen molar-refractivity contribution in [3.05, 3.63) is 70.5 Å². The van der Waals surface area contributed by atoms with Crippen LogP contribution in [0.25, 0.3) is 10.9 Å². The fraction of sp³-hybridized carbons (Fsp3) is 0.250. The van der Waals surface area contributed by atoms with Crippen molar-refractivity contribution in [2.45, 2.75) is 31.5 Å². The van der Waals surface area contributed by atoms with E-state index in [-0.39, 0.29) is 11.3 Å². The van der Waals surface area contributed by atoms with Gasteiger partial charge in [0.25, 0.3) is 5.56 Å². The summed E-state index contributed by atoms with van der Waals surface area (Å²) in [5, 5.41) is 1.34. The zero-order chi connectivity index (χ0) is 17.6. The molecule has 0 aliphatic carbocycles. The van der Waals surface area contributed by atoms with Crippen LogP contribution < -0.4 is 5.56 Å². The van der Waals surface area contributed by atoms with Crippen LogP contribution in [-0.2, 0) is 11.3 Å². The van der Waals surface area contributed by atoms with Crippen molar-refractivity contribution in [2.24, 2.45) is 0 Å². The number of para-hydroxylation sites is 1. The lowest BCUT2D eigenvalue weighted by Crippen LogP contribution is -2.24. The lowest BCUT2D eigenvalue weighted by molar-refractivity contribution is -0.117. The number of hydrogen-bond acceptors (Lipinski definition) is 4. The predicted octanol–water partition coefficient (Wildman–Crippen LogP) is 3.91. The van der Waals surface area contributed by atoms with Crippen LogP contribution in [0.2, 0.25) is 0 Å². The highest BCUT2D eigenvalue weighted by Gasteiger charge is 2.12. The molecule has 0 bridgehead atoms. The smallest absolute Gasteiger partial charge is 0.262 e. The third-order valence-electron chi connectivity index (χ3n) is 3.91. The number of benzene rings is 2. The van der Waals surface area contributed by atoms with Gasteiger partial charge in [-0.2, -0.15) is 0 Å². The molecule has 0 aliphatic heterocycles. The molecule has 0 atom stereocenters. The second-order valence-corrected chi connectivity index (χ2v) is 7.00. The average molecular weight is 352 g/mol. The first-order valence-corrected chi connectivity index (χ1v) is 9.29. The van der Waals surface area contributed by atoms with E-state index >= 15 is 0 Å². The van der Waals surface area contributed by atoms with Crippen LogP contribution in [0.3, 0.4) is 0 Å². The van der Waals surface area contributed by atoms with Gasteiger partial charge in [0.05, 0.1) is 17.4 Å². The Morgan fingerprint density at radius 3 is 2.56 bits per heavy atom. The molecule has 5 heteroatoms. The third kappa shape index (κ3) is 4.37. The van der Waals surface area contributed by atoms with Gasteiger partial charge in [-0.1, -0.05) is 54.2 Å². The summed E-state index contributed by atoms with van der Waals surface area (Å²) in [7, 11) is 0. The molecule has 25 heavy (non-hydrogen) atoms. The number of carbonyl (C=O) groups excluding carboxylic acids is 1. The largest absolute Gasteiger partial charge is 0.300 e. The molecule has 0 saturated carbocycles. The number of rotatable bonds is 7. The zero-order valence-corrected chi connectivity index (χ0v) is 15.0. The van der Waals surface area contributed by atoms with E-state index in [4.69, 9.17) is 0 Å². The lowest BCUT2D eigenvalue weighted by atomic mass is 10.2. The van der Waals surface area contributed by atoms with Gasteiger partial charge in [-0.05, 0) is 31.0 Å². The van der Waals surface area contributed by atoms with Gasteiger partial charge in [-0.15, -0.1) is 0 Å². The third-order valence-corrected chi connectivity index (χ3v) is 4.98. The maximum Gasteiger partial charge on any atom is 0.262 e. The monoisotopic (exact) mass is 352 g/mol. The highest BCUT2D eigenvalue weighted by Crippen LogP contribution is 2.20. The normalized spacial score (nSPS) is 10.9. The Balaban J connectivity index is 1.95. The summed E-state index contributed by atoms with van der Waals surface area (Å²) in [6, 6.07) is 17.3. The highest BCUT2D eigenvalue weighted by molar-refractivity contribution is 7.99. The molecular weight excluding hydrogens is 332 g/mol. The maximum atomic E-state index is 13.0. The molecule has 0 unspecified atom stereocenters. The van der Waals surface area contributed by atoms with E-state index in [2.05, 4.69) is 4.98 Å². The minimum atomic E-state index is -0.0245. The van der Waals surface area contributed by atoms with Gasteiger partial charge in [0.2, 0.25) is 0 Å². The van der Waals surface area contributed by atoms with Crippen LogP contribution in [0.5, 0.6) is 0 Å². The fourth-order valence-electron chi connectivity index (χ4n) is 2.65. The second kappa shape index (κ2) is 8.12. The van der Waals surface area contributed by atoms with Gasteiger partial charge in [0.1, 0.15) is 5.78 Å². The van der Waals surface area contributed by atoms with Crippen molar-refractivity contribution < 1.29 is 4.79 Å². The molecule has 2 aromatic carbocycles. The van der Waals surface area contributed by atoms with Crippen molar-refractivity contribution in [2.75, 3.05) is 5.75 Å². The summed E-state index contributed by atoms with van der Waals surface area (Å²) in [6.07, 6.45) is 1.34. The number of carbonyl (C=O) groups is 1. The number of fused-ring (bicyclic) bond motifs is 1. The van der Waals surface area contributed by atoms with Crippen LogP contribution in [0.4, 0.5) is 0 Å². The Labute approximate surface area is 150 Å². The van der Waals surface area contributed by atoms with E-state index < -0.39 is 0 Å². The van der Waals surface area contributed by atoms with E-state index in [0.717, 1.165) is 17.7 Å². The molecule has 0 spiro atoms. The first-order chi connectivity index (χ1) is 12.1. The van der Waals surface area contributed by atoms with Gasteiger partial charge < -0.3 is 4.79 Å². The van der Waals surface area contributed by atoms with E-state index in [9.17, 15) is 9.59 Å². The van der Waals surface area contributed by atoms with E-state index in [1.165, 1.54) is 11.8 Å². The average Bonchev–Trinajstić information content (AvgIpc) is 2.62. The minimum Gasteiger partial charge on any atom is -0.300 e. The van der Waals surface area contributed by atoms with Crippen molar-refractivity contribution >= 4 is 28.4 Å². The standard InChI is InChI=1S/C20H20N2O2S/c1-15(23)8-7-13-25-20-21-18-12-6-5-11-17(18)19(24)22(20)14-16-9-3-2-4-10-16/h2-6,9-12H,7-8,13-14H2,1H3. The van der Waals surface area contributed by atoms with Crippen LogP contribution in [0.1, 0.15) is 25.3 Å². The Bertz CT molecular complexity index is 935. The molecule has 0 saturated heterocycles. The lowest BCUT2D eigenvalue weighted by Gasteiger charge is -2.13. The van der Waals surface area contributed by atoms with Gasteiger partial charge in [0.15, 0.2) is 5.16 Å². The molecule has 0 N–H and O–H groups in total. The predicted molar refractivity (Wildman–Crippen MR) is 102 cm³/mol. The Morgan fingerprint density at radius 2 is 1.80 bits per heavy atom. The molecule has 4 nitrogen and oxygen atoms in total. The molecule has 128 valence electrons. The molecule has 0 fully saturated rings. The summed E-state index contributed by atoms with van der Waals surface area (Å²) >= 11 is 1.54. The number of nitrogens with zero attached hydrogens (tertiary/aromatic N) is 2. The van der Waals surface area contributed by atoms with E-state index in [1.807, 2.05) is 54.6 Å². The van der Waals surface area contributed by atoms with Gasteiger partial charge >= 0.3 is 0 Å². The van der Waals surface area contributed by atoms with Crippen molar-refractivity contribution in [1.82, 2.24) is 9.55 Å². The van der Waals surface area contributed by atoms with E-state index in [0.29, 0.717) is 29.0 Å². The molecule has 1 heterocycles. The summed E-state index contributed by atoms with van der Waals surface area (Å²) in [4.78, 5) is 28.8. The summed E-state index contributed by atoms with van der Waals surface area (Å²) < 4.78 is 1.73. The molecular formula is C20H20N2O2S. The van der Waals surface area contributed by atoms with Crippen molar-refractivity contribution in [3.8, 4) is 0 Å². The maximum absolute atomic E-state index is 13.0. The molecule has 3 rings (SSSR count). The molecule has 0 radical (unpaired) electrons. The zero-order valence-electron chi connectivity index (χ0n) is 14.1. The number of thioether (sulfide) groups is 1. The van der Waals surface area contributed by atoms with Gasteiger partial charge in [-0.25, -0.2) is 4.98 Å². The quantitative estimate of drug-likeness (QED) is 0.367. The number of hydrogen-bond donors (Lipinski definition) is 0. The topological polar surface area (TPSA) is 52.0 Å². The van der Waals surface area contributed by atoms with Gasteiger partial charge in [-0.3, -0.25) is 9.36 Å².